The van der Waals surface area contributed by atoms with Crippen LogP contribution in [0.25, 0.3) is 0 Å². The van der Waals surface area contributed by atoms with E-state index in [9.17, 15) is 5.11 Å². The fourth-order valence-electron chi connectivity index (χ4n) is 1.73. The van der Waals surface area contributed by atoms with Gasteiger partial charge in [0.25, 0.3) is 0 Å². The van der Waals surface area contributed by atoms with Gasteiger partial charge in [0, 0.05) is 13.1 Å². The minimum absolute atomic E-state index is 0.0950. The molecule has 0 saturated carbocycles. The topological polar surface area (TPSA) is 32.7 Å². The molecule has 2 atom stereocenters. The van der Waals surface area contributed by atoms with Crippen molar-refractivity contribution in [2.24, 2.45) is 0 Å². The van der Waals surface area contributed by atoms with E-state index >= 15 is 0 Å². The third-order valence-electron chi connectivity index (χ3n) is 2.45. The molecule has 1 aromatic rings. The van der Waals surface area contributed by atoms with Gasteiger partial charge in [-0.25, -0.2) is 0 Å². The zero-order valence-electron chi connectivity index (χ0n) is 8.26. The van der Waals surface area contributed by atoms with Crippen molar-refractivity contribution in [1.82, 2.24) is 4.90 Å². The lowest BCUT2D eigenvalue weighted by Gasteiger charge is -2.15. The zero-order valence-corrected chi connectivity index (χ0v) is 8.26. The number of aliphatic hydroxyl groups excluding tert-OH is 1. The van der Waals surface area contributed by atoms with E-state index in [4.69, 9.17) is 4.74 Å². The van der Waals surface area contributed by atoms with E-state index in [-0.39, 0.29) is 12.2 Å². The molecule has 3 heteroatoms. The molecule has 0 unspecified atom stereocenters. The molecule has 0 aliphatic carbocycles. The standard InChI is InChI=1S/C11H15NO2/c1-12-7-10(13)11(8-12)14-9-5-3-2-4-6-9/h2-6,10-11,13H,7-8H2,1H3/t10-,11+/m1/s1. The molecule has 1 heterocycles. The molecule has 3 nitrogen and oxygen atoms in total. The lowest BCUT2D eigenvalue weighted by atomic mass is 10.2. The van der Waals surface area contributed by atoms with Crippen LogP contribution in [0.2, 0.25) is 0 Å². The Labute approximate surface area is 83.9 Å². The van der Waals surface area contributed by atoms with Gasteiger partial charge in [-0.1, -0.05) is 18.2 Å². The Balaban J connectivity index is 1.98. The lowest BCUT2D eigenvalue weighted by Crippen LogP contribution is -2.29. The number of ether oxygens (including phenoxy) is 1. The molecule has 1 aliphatic rings. The Hall–Kier alpha value is -1.06. The van der Waals surface area contributed by atoms with Crippen LogP contribution in [0, 0.1) is 0 Å². The molecule has 1 aliphatic heterocycles. The maximum atomic E-state index is 9.65. The second-order valence-electron chi connectivity index (χ2n) is 3.76. The van der Waals surface area contributed by atoms with E-state index in [1.807, 2.05) is 37.4 Å². The number of aliphatic hydroxyl groups is 1. The van der Waals surface area contributed by atoms with Gasteiger partial charge in [0.05, 0.1) is 0 Å². The van der Waals surface area contributed by atoms with Crippen molar-refractivity contribution < 1.29 is 9.84 Å². The van der Waals surface area contributed by atoms with E-state index in [1.165, 1.54) is 0 Å². The number of β-amino-alcohol motifs (C(OH)–C–C–N with tert-alkyl or cyclic N) is 1. The van der Waals surface area contributed by atoms with Crippen LogP contribution >= 0.6 is 0 Å². The van der Waals surface area contributed by atoms with Crippen LogP contribution in [-0.2, 0) is 0 Å². The summed E-state index contributed by atoms with van der Waals surface area (Å²) in [6, 6.07) is 9.63. The molecule has 0 aromatic heterocycles. The monoisotopic (exact) mass is 193 g/mol. The summed E-state index contributed by atoms with van der Waals surface area (Å²) in [5, 5.41) is 9.65. The van der Waals surface area contributed by atoms with Gasteiger partial charge in [0.1, 0.15) is 18.0 Å². The minimum Gasteiger partial charge on any atom is -0.486 e. The maximum Gasteiger partial charge on any atom is 0.138 e. The third kappa shape index (κ3) is 2.05. The summed E-state index contributed by atoms with van der Waals surface area (Å²) in [6.07, 6.45) is -0.470. The van der Waals surface area contributed by atoms with Crippen molar-refractivity contribution in [2.75, 3.05) is 20.1 Å². The van der Waals surface area contributed by atoms with Crippen molar-refractivity contribution in [3.05, 3.63) is 30.3 Å². The summed E-state index contributed by atoms with van der Waals surface area (Å²) in [5.74, 6) is 0.826. The van der Waals surface area contributed by atoms with Crippen molar-refractivity contribution in [1.29, 1.82) is 0 Å². The molecule has 0 spiro atoms. The summed E-state index contributed by atoms with van der Waals surface area (Å²) in [7, 11) is 1.98. The predicted molar refractivity (Wildman–Crippen MR) is 54.4 cm³/mol. The summed E-state index contributed by atoms with van der Waals surface area (Å²) in [4.78, 5) is 2.07. The Morgan fingerprint density at radius 3 is 2.57 bits per heavy atom. The number of likely N-dealkylation sites (tertiary alicyclic amines) is 1. The van der Waals surface area contributed by atoms with Crippen LogP contribution in [0.15, 0.2) is 30.3 Å². The minimum atomic E-state index is -0.375. The molecule has 1 aromatic carbocycles. The largest absolute Gasteiger partial charge is 0.486 e. The predicted octanol–water partition coefficient (Wildman–Crippen LogP) is 0.740. The van der Waals surface area contributed by atoms with E-state index in [1.54, 1.807) is 0 Å². The van der Waals surface area contributed by atoms with Crippen LogP contribution in [0.3, 0.4) is 0 Å². The molecule has 1 fully saturated rings. The molecule has 0 bridgehead atoms. The van der Waals surface area contributed by atoms with Crippen molar-refractivity contribution in [3.63, 3.8) is 0 Å². The van der Waals surface area contributed by atoms with Crippen LogP contribution in [-0.4, -0.2) is 42.4 Å². The highest BCUT2D eigenvalue weighted by molar-refractivity contribution is 5.21. The van der Waals surface area contributed by atoms with Crippen LogP contribution in [0.4, 0.5) is 0 Å². The number of benzene rings is 1. The smallest absolute Gasteiger partial charge is 0.138 e. The Morgan fingerprint density at radius 2 is 2.00 bits per heavy atom. The number of likely N-dealkylation sites (N-methyl/N-ethyl adjacent to an activating group) is 1. The van der Waals surface area contributed by atoms with Crippen molar-refractivity contribution in [2.45, 2.75) is 12.2 Å². The quantitative estimate of drug-likeness (QED) is 0.752. The van der Waals surface area contributed by atoms with Gasteiger partial charge in [0.2, 0.25) is 0 Å². The molecular weight excluding hydrogens is 178 g/mol. The van der Waals surface area contributed by atoms with Crippen LogP contribution < -0.4 is 4.74 Å². The third-order valence-corrected chi connectivity index (χ3v) is 2.45. The SMILES string of the molecule is CN1C[C@@H](O)[C@@H](Oc2ccccc2)C1. The average molecular weight is 193 g/mol. The van der Waals surface area contributed by atoms with Crippen LogP contribution in [0.5, 0.6) is 5.75 Å². The highest BCUT2D eigenvalue weighted by Gasteiger charge is 2.30. The Bertz CT molecular complexity index is 289. The van der Waals surface area contributed by atoms with Crippen molar-refractivity contribution >= 4 is 0 Å². The molecule has 0 radical (unpaired) electrons. The van der Waals surface area contributed by atoms with E-state index < -0.39 is 0 Å². The van der Waals surface area contributed by atoms with E-state index in [2.05, 4.69) is 4.90 Å². The van der Waals surface area contributed by atoms with Gasteiger partial charge in [-0.3, -0.25) is 4.90 Å². The van der Waals surface area contributed by atoms with Gasteiger partial charge < -0.3 is 9.84 Å². The molecule has 2 rings (SSSR count). The molecule has 1 N–H and O–H groups in total. The first-order chi connectivity index (χ1) is 6.75. The van der Waals surface area contributed by atoms with Gasteiger partial charge in [0.15, 0.2) is 0 Å². The summed E-state index contributed by atoms with van der Waals surface area (Å²) >= 11 is 0. The van der Waals surface area contributed by atoms with Gasteiger partial charge in [-0.15, -0.1) is 0 Å². The highest BCUT2D eigenvalue weighted by atomic mass is 16.5. The summed E-state index contributed by atoms with van der Waals surface area (Å²) < 4.78 is 5.67. The summed E-state index contributed by atoms with van der Waals surface area (Å²) in [5.41, 5.74) is 0. The number of hydrogen-bond acceptors (Lipinski definition) is 3. The first-order valence-electron chi connectivity index (χ1n) is 4.84. The maximum absolute atomic E-state index is 9.65. The van der Waals surface area contributed by atoms with Gasteiger partial charge >= 0.3 is 0 Å². The number of nitrogens with zero attached hydrogens (tertiary/aromatic N) is 1. The number of rotatable bonds is 2. The highest BCUT2D eigenvalue weighted by Crippen LogP contribution is 2.17. The molecular formula is C11H15NO2. The Morgan fingerprint density at radius 1 is 1.29 bits per heavy atom. The van der Waals surface area contributed by atoms with E-state index in [0.29, 0.717) is 6.54 Å². The fraction of sp³-hybridized carbons (Fsp3) is 0.455. The van der Waals surface area contributed by atoms with Gasteiger partial charge in [-0.2, -0.15) is 0 Å². The number of hydrogen-bond donors (Lipinski definition) is 1. The molecule has 14 heavy (non-hydrogen) atoms. The first kappa shape index (κ1) is 9.49. The van der Waals surface area contributed by atoms with Gasteiger partial charge in [-0.05, 0) is 19.2 Å². The lowest BCUT2D eigenvalue weighted by molar-refractivity contribution is 0.0737. The van der Waals surface area contributed by atoms with Crippen LogP contribution in [0.1, 0.15) is 0 Å². The Kier molecular flexibility index (Phi) is 2.70. The first-order valence-corrected chi connectivity index (χ1v) is 4.84. The summed E-state index contributed by atoms with van der Waals surface area (Å²) in [6.45, 7) is 1.48. The van der Waals surface area contributed by atoms with E-state index in [0.717, 1.165) is 12.3 Å². The molecule has 76 valence electrons. The average Bonchev–Trinajstić information content (AvgIpc) is 2.47. The number of para-hydroxylation sites is 1. The normalized spacial score (nSPS) is 27.9. The molecule has 0 amide bonds. The van der Waals surface area contributed by atoms with Crippen molar-refractivity contribution in [3.8, 4) is 5.75 Å². The second-order valence-corrected chi connectivity index (χ2v) is 3.76. The molecule has 1 saturated heterocycles. The second kappa shape index (κ2) is 3.98. The fourth-order valence-corrected chi connectivity index (χ4v) is 1.73. The zero-order chi connectivity index (χ0) is 9.97.